The predicted molar refractivity (Wildman–Crippen MR) is 76.5 cm³/mol. The maximum absolute atomic E-state index is 4.13. The van der Waals surface area contributed by atoms with Crippen molar-refractivity contribution in [1.29, 1.82) is 0 Å². The lowest BCUT2D eigenvalue weighted by atomic mass is 10.1. The molecule has 2 rings (SSSR count). The van der Waals surface area contributed by atoms with Gasteiger partial charge in [0.15, 0.2) is 0 Å². The number of nitrogens with one attached hydrogen (secondary N) is 2. The highest BCUT2D eigenvalue weighted by Gasteiger charge is 2.06. The SMILES string of the molecule is CSCCCNCc1cn[nH]c1-c1cccnc1. The van der Waals surface area contributed by atoms with Gasteiger partial charge in [0.1, 0.15) is 0 Å². The van der Waals surface area contributed by atoms with Gasteiger partial charge in [-0.05, 0) is 37.1 Å². The summed E-state index contributed by atoms with van der Waals surface area (Å²) in [5, 5.41) is 10.6. The van der Waals surface area contributed by atoms with E-state index in [1.165, 1.54) is 17.7 Å². The van der Waals surface area contributed by atoms with Crippen LogP contribution < -0.4 is 5.32 Å². The van der Waals surface area contributed by atoms with Gasteiger partial charge in [-0.1, -0.05) is 0 Å². The molecule has 5 heteroatoms. The molecule has 0 amide bonds. The van der Waals surface area contributed by atoms with Crippen molar-refractivity contribution in [2.45, 2.75) is 13.0 Å². The van der Waals surface area contributed by atoms with Crippen LogP contribution >= 0.6 is 11.8 Å². The summed E-state index contributed by atoms with van der Waals surface area (Å²) in [5.41, 5.74) is 3.32. The van der Waals surface area contributed by atoms with E-state index < -0.39 is 0 Å². The van der Waals surface area contributed by atoms with E-state index >= 15 is 0 Å². The summed E-state index contributed by atoms with van der Waals surface area (Å²) >= 11 is 1.88. The average Bonchev–Trinajstić information content (AvgIpc) is 2.88. The number of aromatic amines is 1. The molecule has 0 aromatic carbocycles. The first-order valence-electron chi connectivity index (χ1n) is 6.04. The molecule has 18 heavy (non-hydrogen) atoms. The normalized spacial score (nSPS) is 10.7. The van der Waals surface area contributed by atoms with E-state index in [0.29, 0.717) is 0 Å². The van der Waals surface area contributed by atoms with Gasteiger partial charge in [-0.25, -0.2) is 0 Å². The van der Waals surface area contributed by atoms with Crippen molar-refractivity contribution in [2.24, 2.45) is 0 Å². The molecule has 0 spiro atoms. The van der Waals surface area contributed by atoms with Gasteiger partial charge in [0.2, 0.25) is 0 Å². The Balaban J connectivity index is 1.92. The molecule has 0 fully saturated rings. The first-order chi connectivity index (χ1) is 8.92. The Morgan fingerprint density at radius 1 is 1.39 bits per heavy atom. The third-order valence-electron chi connectivity index (χ3n) is 2.69. The van der Waals surface area contributed by atoms with E-state index in [2.05, 4.69) is 26.8 Å². The molecule has 0 saturated carbocycles. The van der Waals surface area contributed by atoms with Crippen molar-refractivity contribution < 1.29 is 0 Å². The van der Waals surface area contributed by atoms with E-state index in [-0.39, 0.29) is 0 Å². The molecule has 4 nitrogen and oxygen atoms in total. The highest BCUT2D eigenvalue weighted by molar-refractivity contribution is 7.98. The van der Waals surface area contributed by atoms with Crippen molar-refractivity contribution in [2.75, 3.05) is 18.6 Å². The number of H-pyrrole nitrogens is 1. The first kappa shape index (κ1) is 13.1. The Labute approximate surface area is 112 Å². The maximum atomic E-state index is 4.13. The lowest BCUT2D eigenvalue weighted by molar-refractivity contribution is 0.680. The molecule has 2 N–H and O–H groups in total. The average molecular weight is 262 g/mol. The van der Waals surface area contributed by atoms with E-state index in [0.717, 1.165) is 24.3 Å². The molecule has 0 unspecified atom stereocenters. The molecule has 96 valence electrons. The molecule has 2 heterocycles. The number of thioether (sulfide) groups is 1. The molecule has 0 bridgehead atoms. The van der Waals surface area contributed by atoms with Crippen molar-refractivity contribution >= 4 is 11.8 Å². The van der Waals surface area contributed by atoms with Gasteiger partial charge in [-0.15, -0.1) is 0 Å². The molecule has 0 atom stereocenters. The Morgan fingerprint density at radius 3 is 3.11 bits per heavy atom. The minimum atomic E-state index is 0.842. The molecule has 0 aliphatic carbocycles. The molecular formula is C13H18N4S. The Morgan fingerprint density at radius 2 is 2.33 bits per heavy atom. The molecular weight excluding hydrogens is 244 g/mol. The second kappa shape index (κ2) is 7.18. The zero-order chi connectivity index (χ0) is 12.6. The number of hydrogen-bond donors (Lipinski definition) is 2. The first-order valence-corrected chi connectivity index (χ1v) is 7.43. The smallest absolute Gasteiger partial charge is 0.0710 e. The molecule has 2 aromatic rings. The molecule has 0 aliphatic heterocycles. The quantitative estimate of drug-likeness (QED) is 0.752. The van der Waals surface area contributed by atoms with Crippen molar-refractivity contribution in [3.05, 3.63) is 36.3 Å². The van der Waals surface area contributed by atoms with Crippen LogP contribution in [0.4, 0.5) is 0 Å². The van der Waals surface area contributed by atoms with Gasteiger partial charge in [0, 0.05) is 30.1 Å². The van der Waals surface area contributed by atoms with E-state index in [1.807, 2.05) is 36.3 Å². The van der Waals surface area contributed by atoms with E-state index in [9.17, 15) is 0 Å². The van der Waals surface area contributed by atoms with Crippen molar-refractivity contribution in [3.8, 4) is 11.3 Å². The van der Waals surface area contributed by atoms with Crippen LogP contribution in [-0.2, 0) is 6.54 Å². The summed E-state index contributed by atoms with van der Waals surface area (Å²) < 4.78 is 0. The number of pyridine rings is 1. The van der Waals surface area contributed by atoms with Crippen LogP contribution in [0.15, 0.2) is 30.7 Å². The van der Waals surface area contributed by atoms with E-state index in [1.54, 1.807) is 6.20 Å². The van der Waals surface area contributed by atoms with Crippen LogP contribution in [0.3, 0.4) is 0 Å². The van der Waals surface area contributed by atoms with Crippen molar-refractivity contribution in [1.82, 2.24) is 20.5 Å². The topological polar surface area (TPSA) is 53.6 Å². The maximum Gasteiger partial charge on any atom is 0.0710 e. The van der Waals surface area contributed by atoms with Crippen LogP contribution in [0, 0.1) is 0 Å². The molecule has 0 saturated heterocycles. The highest BCUT2D eigenvalue weighted by Crippen LogP contribution is 2.19. The van der Waals surface area contributed by atoms with Crippen LogP contribution in [0.1, 0.15) is 12.0 Å². The second-order valence-electron chi connectivity index (χ2n) is 4.04. The van der Waals surface area contributed by atoms with Crippen LogP contribution in [0.5, 0.6) is 0 Å². The van der Waals surface area contributed by atoms with Gasteiger partial charge < -0.3 is 5.32 Å². The number of nitrogens with zero attached hydrogens (tertiary/aromatic N) is 2. The number of rotatable bonds is 7. The Hall–Kier alpha value is -1.33. The van der Waals surface area contributed by atoms with Gasteiger partial charge in [0.25, 0.3) is 0 Å². The fourth-order valence-corrected chi connectivity index (χ4v) is 2.20. The molecule has 0 aliphatic rings. The number of hydrogen-bond acceptors (Lipinski definition) is 4. The number of aromatic nitrogens is 3. The Bertz CT molecular complexity index is 455. The monoisotopic (exact) mass is 262 g/mol. The standard InChI is InChI=1S/C13H18N4S/c1-18-7-3-6-15-9-12-10-16-17-13(12)11-4-2-5-14-8-11/h2,4-5,8,10,15H,3,6-7,9H2,1H3,(H,16,17). The predicted octanol–water partition coefficient (Wildman–Crippen LogP) is 2.31. The fraction of sp³-hybridized carbons (Fsp3) is 0.385. The summed E-state index contributed by atoms with van der Waals surface area (Å²) in [6.45, 7) is 1.88. The van der Waals surface area contributed by atoms with Gasteiger partial charge >= 0.3 is 0 Å². The lowest BCUT2D eigenvalue weighted by Gasteiger charge is -2.05. The highest BCUT2D eigenvalue weighted by atomic mass is 32.2. The van der Waals surface area contributed by atoms with E-state index in [4.69, 9.17) is 0 Å². The van der Waals surface area contributed by atoms with Crippen LogP contribution in [-0.4, -0.2) is 33.7 Å². The van der Waals surface area contributed by atoms with Crippen LogP contribution in [0.25, 0.3) is 11.3 Å². The van der Waals surface area contributed by atoms with Crippen molar-refractivity contribution in [3.63, 3.8) is 0 Å². The summed E-state index contributed by atoms with van der Waals surface area (Å²) in [7, 11) is 0. The van der Waals surface area contributed by atoms with Crippen LogP contribution in [0.2, 0.25) is 0 Å². The fourth-order valence-electron chi connectivity index (χ4n) is 1.77. The summed E-state index contributed by atoms with van der Waals surface area (Å²) in [5.74, 6) is 1.20. The second-order valence-corrected chi connectivity index (χ2v) is 5.02. The van der Waals surface area contributed by atoms with Gasteiger partial charge in [-0.3, -0.25) is 10.1 Å². The zero-order valence-corrected chi connectivity index (χ0v) is 11.3. The third kappa shape index (κ3) is 3.58. The minimum absolute atomic E-state index is 0.842. The summed E-state index contributed by atoms with van der Waals surface area (Å²) in [6.07, 6.45) is 8.84. The summed E-state index contributed by atoms with van der Waals surface area (Å²) in [6, 6.07) is 3.98. The molecule has 2 aromatic heterocycles. The van der Waals surface area contributed by atoms with Gasteiger partial charge in [0.05, 0.1) is 11.9 Å². The Kier molecular flexibility index (Phi) is 5.23. The minimum Gasteiger partial charge on any atom is -0.313 e. The summed E-state index contributed by atoms with van der Waals surface area (Å²) in [4.78, 5) is 4.13. The lowest BCUT2D eigenvalue weighted by Crippen LogP contribution is -2.15. The largest absolute Gasteiger partial charge is 0.313 e. The zero-order valence-electron chi connectivity index (χ0n) is 10.5. The molecule has 0 radical (unpaired) electrons. The third-order valence-corrected chi connectivity index (χ3v) is 3.38. The van der Waals surface area contributed by atoms with Gasteiger partial charge in [-0.2, -0.15) is 16.9 Å².